The highest BCUT2D eigenvalue weighted by Gasteiger charge is 2.29. The molecule has 1 aliphatic rings. The van der Waals surface area contributed by atoms with Gasteiger partial charge in [-0.15, -0.1) is 0 Å². The van der Waals surface area contributed by atoms with Gasteiger partial charge in [-0.25, -0.2) is 4.98 Å². The van der Waals surface area contributed by atoms with Gasteiger partial charge in [0, 0.05) is 25.6 Å². The molecule has 0 aromatic carbocycles. The van der Waals surface area contributed by atoms with Crippen LogP contribution < -0.4 is 5.32 Å². The van der Waals surface area contributed by atoms with Crippen LogP contribution in [0.15, 0.2) is 23.4 Å². The van der Waals surface area contributed by atoms with Crippen molar-refractivity contribution >= 4 is 23.5 Å². The van der Waals surface area contributed by atoms with E-state index in [0.717, 1.165) is 23.4 Å². The first kappa shape index (κ1) is 16.0. The number of ketones is 1. The quantitative estimate of drug-likeness (QED) is 0.877. The molecule has 1 atom stereocenters. The van der Waals surface area contributed by atoms with E-state index >= 15 is 0 Å². The summed E-state index contributed by atoms with van der Waals surface area (Å²) in [5.74, 6) is 0.608. The summed E-state index contributed by atoms with van der Waals surface area (Å²) in [5.41, 5.74) is 0.973. The van der Waals surface area contributed by atoms with Crippen LogP contribution in [-0.4, -0.2) is 28.5 Å². The van der Waals surface area contributed by atoms with Gasteiger partial charge in [0.05, 0.1) is 5.25 Å². The predicted octanol–water partition coefficient (Wildman–Crippen LogP) is 2.61. The Morgan fingerprint density at radius 3 is 2.95 bits per heavy atom. The molecule has 0 fully saturated rings. The summed E-state index contributed by atoms with van der Waals surface area (Å²) in [6.45, 7) is 4.96. The lowest BCUT2D eigenvalue weighted by molar-refractivity contribution is -0.125. The minimum atomic E-state index is -0.297. The number of hydrogen-bond donors (Lipinski definition) is 1. The standard InChI is InChI=1S/C16H22N2O2S/c1-3-11(4-2)10-18-15(20)9-14-13(19)8-12-6-5-7-17-16(12)21-14/h5-7,11,14H,3-4,8-10H2,1-2H3,(H,18,20). The number of nitrogens with zero attached hydrogens (tertiary/aromatic N) is 1. The number of pyridine rings is 1. The van der Waals surface area contributed by atoms with Crippen LogP contribution in [0.5, 0.6) is 0 Å². The van der Waals surface area contributed by atoms with Crippen molar-refractivity contribution in [3.8, 4) is 0 Å². The molecule has 2 rings (SSSR count). The number of amides is 1. The number of rotatable bonds is 6. The van der Waals surface area contributed by atoms with Crippen molar-refractivity contribution in [2.45, 2.75) is 49.8 Å². The average molecular weight is 306 g/mol. The van der Waals surface area contributed by atoms with E-state index in [1.807, 2.05) is 12.1 Å². The molecule has 0 radical (unpaired) electrons. The van der Waals surface area contributed by atoms with Crippen molar-refractivity contribution in [3.63, 3.8) is 0 Å². The van der Waals surface area contributed by atoms with E-state index in [1.54, 1.807) is 6.20 Å². The zero-order chi connectivity index (χ0) is 15.2. The Morgan fingerprint density at radius 2 is 2.24 bits per heavy atom. The molecule has 114 valence electrons. The van der Waals surface area contributed by atoms with E-state index in [1.165, 1.54) is 11.8 Å². The monoisotopic (exact) mass is 306 g/mol. The van der Waals surface area contributed by atoms with Crippen LogP contribution in [0, 0.1) is 5.92 Å². The van der Waals surface area contributed by atoms with E-state index in [0.29, 0.717) is 18.9 Å². The van der Waals surface area contributed by atoms with Crippen molar-refractivity contribution in [1.82, 2.24) is 10.3 Å². The summed E-state index contributed by atoms with van der Waals surface area (Å²) >= 11 is 1.42. The predicted molar refractivity (Wildman–Crippen MR) is 84.3 cm³/mol. The van der Waals surface area contributed by atoms with Crippen molar-refractivity contribution in [2.24, 2.45) is 5.92 Å². The van der Waals surface area contributed by atoms with Gasteiger partial charge in [-0.2, -0.15) is 0 Å². The summed E-state index contributed by atoms with van der Waals surface area (Å²) in [6.07, 6.45) is 4.49. The molecule has 2 heterocycles. The summed E-state index contributed by atoms with van der Waals surface area (Å²) < 4.78 is 0. The van der Waals surface area contributed by atoms with Gasteiger partial charge in [0.2, 0.25) is 5.91 Å². The molecule has 0 spiro atoms. The molecular weight excluding hydrogens is 284 g/mol. The molecular formula is C16H22N2O2S. The number of nitrogens with one attached hydrogen (secondary N) is 1. The first-order valence-electron chi connectivity index (χ1n) is 7.54. The lowest BCUT2D eigenvalue weighted by Gasteiger charge is -2.22. The molecule has 0 saturated heterocycles. The fraction of sp³-hybridized carbons (Fsp3) is 0.562. The normalized spacial score (nSPS) is 17.7. The van der Waals surface area contributed by atoms with E-state index in [9.17, 15) is 9.59 Å². The number of fused-ring (bicyclic) bond motifs is 1. The molecule has 1 aromatic rings. The second-order valence-corrected chi connectivity index (χ2v) is 6.60. The largest absolute Gasteiger partial charge is 0.356 e. The minimum absolute atomic E-state index is 0.0351. The van der Waals surface area contributed by atoms with Crippen molar-refractivity contribution < 1.29 is 9.59 Å². The maximum absolute atomic E-state index is 12.1. The molecule has 5 heteroatoms. The van der Waals surface area contributed by atoms with Crippen LogP contribution in [0.2, 0.25) is 0 Å². The van der Waals surface area contributed by atoms with Gasteiger partial charge in [-0.3, -0.25) is 9.59 Å². The highest BCUT2D eigenvalue weighted by atomic mass is 32.2. The fourth-order valence-corrected chi connectivity index (χ4v) is 3.53. The number of carbonyl (C=O) groups excluding carboxylic acids is 2. The summed E-state index contributed by atoms with van der Waals surface area (Å²) in [4.78, 5) is 28.4. The Morgan fingerprint density at radius 1 is 1.48 bits per heavy atom. The Balaban J connectivity index is 1.88. The van der Waals surface area contributed by atoms with Crippen molar-refractivity contribution in [1.29, 1.82) is 0 Å². The molecule has 1 unspecified atom stereocenters. The first-order chi connectivity index (χ1) is 10.1. The molecule has 1 aromatic heterocycles. The molecule has 0 saturated carbocycles. The molecule has 1 N–H and O–H groups in total. The third-order valence-corrected chi connectivity index (χ3v) is 5.25. The highest BCUT2D eigenvalue weighted by molar-refractivity contribution is 8.00. The average Bonchev–Trinajstić information content (AvgIpc) is 2.49. The summed E-state index contributed by atoms with van der Waals surface area (Å²) in [7, 11) is 0. The summed E-state index contributed by atoms with van der Waals surface area (Å²) in [6, 6.07) is 3.77. The van der Waals surface area contributed by atoms with E-state index in [2.05, 4.69) is 24.1 Å². The molecule has 4 nitrogen and oxygen atoms in total. The zero-order valence-electron chi connectivity index (χ0n) is 12.6. The number of hydrogen-bond acceptors (Lipinski definition) is 4. The number of aromatic nitrogens is 1. The van der Waals surface area contributed by atoms with Crippen molar-refractivity contribution in [2.75, 3.05) is 6.54 Å². The summed E-state index contributed by atoms with van der Waals surface area (Å²) in [5, 5.41) is 3.54. The van der Waals surface area contributed by atoms with Gasteiger partial charge < -0.3 is 5.32 Å². The van der Waals surface area contributed by atoms with E-state index < -0.39 is 0 Å². The van der Waals surface area contributed by atoms with Crippen LogP contribution in [0.25, 0.3) is 0 Å². The SMILES string of the molecule is CCC(CC)CNC(=O)CC1Sc2ncccc2CC1=O. The topological polar surface area (TPSA) is 59.1 Å². The lowest BCUT2D eigenvalue weighted by Crippen LogP contribution is -2.34. The van der Waals surface area contributed by atoms with Crippen LogP contribution in [-0.2, 0) is 16.0 Å². The molecule has 0 aliphatic carbocycles. The maximum atomic E-state index is 12.1. The molecule has 21 heavy (non-hydrogen) atoms. The molecule has 0 bridgehead atoms. The molecule has 1 amide bonds. The number of thioether (sulfide) groups is 1. The van der Waals surface area contributed by atoms with Crippen LogP contribution >= 0.6 is 11.8 Å². The van der Waals surface area contributed by atoms with Gasteiger partial charge in [-0.1, -0.05) is 44.5 Å². The third kappa shape index (κ3) is 4.30. The Bertz CT molecular complexity index is 515. The number of Topliss-reactive ketones (excluding diaryl/α,β-unsaturated/α-hetero) is 1. The minimum Gasteiger partial charge on any atom is -0.356 e. The lowest BCUT2D eigenvalue weighted by atomic mass is 10.0. The van der Waals surface area contributed by atoms with Gasteiger partial charge in [0.15, 0.2) is 5.78 Å². The van der Waals surface area contributed by atoms with Crippen LogP contribution in [0.1, 0.15) is 38.7 Å². The van der Waals surface area contributed by atoms with Crippen LogP contribution in [0.4, 0.5) is 0 Å². The fourth-order valence-electron chi connectivity index (χ4n) is 2.40. The third-order valence-electron chi connectivity index (χ3n) is 3.94. The Kier molecular flexibility index (Phi) is 5.79. The van der Waals surface area contributed by atoms with E-state index in [4.69, 9.17) is 0 Å². The van der Waals surface area contributed by atoms with Gasteiger partial charge >= 0.3 is 0 Å². The number of carbonyl (C=O) groups is 2. The maximum Gasteiger partial charge on any atom is 0.221 e. The highest BCUT2D eigenvalue weighted by Crippen LogP contribution is 2.33. The zero-order valence-corrected chi connectivity index (χ0v) is 13.4. The smallest absolute Gasteiger partial charge is 0.221 e. The van der Waals surface area contributed by atoms with Crippen molar-refractivity contribution in [3.05, 3.63) is 23.9 Å². The Labute approximate surface area is 130 Å². The van der Waals surface area contributed by atoms with Gasteiger partial charge in [0.25, 0.3) is 0 Å². The van der Waals surface area contributed by atoms with E-state index in [-0.39, 0.29) is 23.4 Å². The Hall–Kier alpha value is -1.36. The second-order valence-electron chi connectivity index (χ2n) is 5.41. The van der Waals surface area contributed by atoms with Crippen LogP contribution in [0.3, 0.4) is 0 Å². The second kappa shape index (κ2) is 7.59. The van der Waals surface area contributed by atoms with Gasteiger partial charge in [-0.05, 0) is 17.5 Å². The van der Waals surface area contributed by atoms with Gasteiger partial charge in [0.1, 0.15) is 5.03 Å². The first-order valence-corrected chi connectivity index (χ1v) is 8.41. The molecule has 1 aliphatic heterocycles.